The first-order valence-corrected chi connectivity index (χ1v) is 9.71. The second-order valence-corrected chi connectivity index (χ2v) is 8.06. The zero-order valence-corrected chi connectivity index (χ0v) is 17.4. The maximum absolute atomic E-state index is 11.8. The number of benzene rings is 1. The number of hydrogen-bond acceptors (Lipinski definition) is 9. The highest BCUT2D eigenvalue weighted by Gasteiger charge is 2.30. The number of nitrogens with zero attached hydrogens (tertiary/aromatic N) is 2. The number of amides is 1. The average Bonchev–Trinajstić information content (AvgIpc) is 3.10. The molecule has 0 aromatic heterocycles. The van der Waals surface area contributed by atoms with Crippen LogP contribution in [0, 0.1) is 0 Å². The maximum atomic E-state index is 11.8. The quantitative estimate of drug-likeness (QED) is 0.394. The van der Waals surface area contributed by atoms with Gasteiger partial charge in [-0.25, -0.2) is 14.4 Å². The van der Waals surface area contributed by atoms with Gasteiger partial charge in [0.25, 0.3) is 0 Å². The Morgan fingerprint density at radius 3 is 2.73 bits per heavy atom. The molecular weight excluding hydrogens is 413 g/mol. The number of amidine groups is 1. The molecule has 0 aliphatic carbocycles. The second-order valence-electron chi connectivity index (χ2n) is 7.05. The van der Waals surface area contributed by atoms with E-state index in [1.165, 1.54) is 12.1 Å². The van der Waals surface area contributed by atoms with Crippen molar-refractivity contribution >= 4 is 48.7 Å². The molecule has 1 aliphatic heterocycles. The van der Waals surface area contributed by atoms with Crippen LogP contribution in [0.4, 0.5) is 4.79 Å². The van der Waals surface area contributed by atoms with E-state index >= 15 is 0 Å². The maximum Gasteiger partial charge on any atom is 0.413 e. The van der Waals surface area contributed by atoms with Gasteiger partial charge in [-0.05, 0) is 38.5 Å². The Hall–Kier alpha value is -3.02. The first-order chi connectivity index (χ1) is 14.1. The van der Waals surface area contributed by atoms with E-state index in [0.717, 1.165) is 11.8 Å². The van der Waals surface area contributed by atoms with E-state index in [0.29, 0.717) is 5.56 Å². The number of ether oxygens (including phenoxy) is 1. The first kappa shape index (κ1) is 23.3. The minimum Gasteiger partial charge on any atom is -0.540 e. The van der Waals surface area contributed by atoms with E-state index in [1.807, 2.05) is 0 Å². The molecule has 1 amide bonds. The van der Waals surface area contributed by atoms with Crippen molar-refractivity contribution in [3.05, 3.63) is 35.4 Å². The van der Waals surface area contributed by atoms with Gasteiger partial charge in [-0.2, -0.15) is 0 Å². The van der Waals surface area contributed by atoms with Crippen LogP contribution in [0.2, 0.25) is 0 Å². The summed E-state index contributed by atoms with van der Waals surface area (Å²) in [6.07, 6.45) is -0.685. The van der Waals surface area contributed by atoms with E-state index < -0.39 is 29.7 Å². The molecule has 1 atom stereocenters. The third kappa shape index (κ3) is 7.10. The standard InChI is InChI=1S/C18H20BN3O7S/c1-18(2,3)28-17(26)21-16-20-12(9-30-16)13(14(23)24)22-27-8-10-5-4-6-11(7-10)15(25)29-19/h4-7,12H,8-9H2,1-3H3,(H,23,24)(H,20,21,26)/b22-13-. The number of alkyl carbamates (subject to hydrolysis) is 1. The lowest BCUT2D eigenvalue weighted by molar-refractivity contribution is -0.129. The molecule has 1 aromatic rings. The van der Waals surface area contributed by atoms with Gasteiger partial charge in [0.2, 0.25) is 0 Å². The van der Waals surface area contributed by atoms with Crippen LogP contribution < -0.4 is 5.32 Å². The number of nitrogens with one attached hydrogen (secondary N) is 1. The number of rotatable bonds is 6. The zero-order chi connectivity index (χ0) is 22.3. The summed E-state index contributed by atoms with van der Waals surface area (Å²) in [5, 5.41) is 15.8. The van der Waals surface area contributed by atoms with Gasteiger partial charge < -0.3 is 19.3 Å². The number of hydrogen-bond donors (Lipinski definition) is 2. The monoisotopic (exact) mass is 433 g/mol. The van der Waals surface area contributed by atoms with Crippen molar-refractivity contribution in [3.63, 3.8) is 0 Å². The van der Waals surface area contributed by atoms with Crippen molar-refractivity contribution in [2.75, 3.05) is 5.75 Å². The summed E-state index contributed by atoms with van der Waals surface area (Å²) in [5.74, 6) is -1.76. The Morgan fingerprint density at radius 1 is 1.37 bits per heavy atom. The van der Waals surface area contributed by atoms with Crippen LogP contribution in [-0.4, -0.2) is 59.5 Å². The molecule has 1 aromatic carbocycles. The lowest BCUT2D eigenvalue weighted by atomic mass is 10.1. The summed E-state index contributed by atoms with van der Waals surface area (Å²) in [4.78, 5) is 44.1. The zero-order valence-electron chi connectivity index (χ0n) is 16.6. The third-order valence-electron chi connectivity index (χ3n) is 3.46. The van der Waals surface area contributed by atoms with Crippen LogP contribution >= 0.6 is 11.8 Å². The molecule has 0 saturated carbocycles. The van der Waals surface area contributed by atoms with Crippen LogP contribution in [0.15, 0.2) is 34.4 Å². The number of carboxylic acid groups (broad SMARTS) is 1. The Bertz CT molecular complexity index is 883. The molecule has 2 rings (SSSR count). The van der Waals surface area contributed by atoms with Crippen molar-refractivity contribution in [2.45, 2.75) is 39.0 Å². The van der Waals surface area contributed by atoms with Gasteiger partial charge in [-0.3, -0.25) is 10.3 Å². The normalized spacial score (nSPS) is 16.4. The van der Waals surface area contributed by atoms with Crippen molar-refractivity contribution in [1.82, 2.24) is 5.32 Å². The molecule has 0 bridgehead atoms. The van der Waals surface area contributed by atoms with E-state index in [9.17, 15) is 19.5 Å². The number of carboxylic acids is 1. The highest BCUT2D eigenvalue weighted by Crippen LogP contribution is 2.19. The van der Waals surface area contributed by atoms with E-state index in [4.69, 9.17) is 17.6 Å². The second kappa shape index (κ2) is 10.1. The largest absolute Gasteiger partial charge is 0.540 e. The molecule has 0 spiro atoms. The van der Waals surface area contributed by atoms with Crippen molar-refractivity contribution < 1.29 is 33.7 Å². The number of thioether (sulfide) groups is 1. The molecule has 1 unspecified atom stereocenters. The van der Waals surface area contributed by atoms with E-state index in [-0.39, 0.29) is 28.8 Å². The van der Waals surface area contributed by atoms with Gasteiger partial charge in [-0.1, -0.05) is 29.1 Å². The fourth-order valence-corrected chi connectivity index (χ4v) is 3.15. The summed E-state index contributed by atoms with van der Waals surface area (Å²) in [6.45, 7) is 5.08. The van der Waals surface area contributed by atoms with E-state index in [2.05, 4.69) is 20.1 Å². The number of aliphatic carboxylic acids is 1. The molecule has 2 radical (unpaired) electrons. The topological polar surface area (TPSA) is 136 Å². The smallest absolute Gasteiger partial charge is 0.413 e. The molecule has 0 fully saturated rings. The average molecular weight is 433 g/mol. The third-order valence-corrected chi connectivity index (χ3v) is 4.42. The van der Waals surface area contributed by atoms with E-state index in [1.54, 1.807) is 32.9 Å². The summed E-state index contributed by atoms with van der Waals surface area (Å²) in [5.41, 5.74) is -0.216. The molecule has 1 heterocycles. The van der Waals surface area contributed by atoms with Crippen molar-refractivity contribution in [3.8, 4) is 0 Å². The minimum absolute atomic E-state index is 0.0882. The van der Waals surface area contributed by atoms with Crippen LogP contribution in [0.3, 0.4) is 0 Å². The molecule has 30 heavy (non-hydrogen) atoms. The van der Waals surface area contributed by atoms with Crippen LogP contribution in [0.5, 0.6) is 0 Å². The van der Waals surface area contributed by atoms with Gasteiger partial charge in [0.1, 0.15) is 18.2 Å². The Labute approximate surface area is 178 Å². The molecule has 0 saturated heterocycles. The van der Waals surface area contributed by atoms with Crippen molar-refractivity contribution in [2.24, 2.45) is 10.1 Å². The molecule has 10 nitrogen and oxygen atoms in total. The Kier molecular flexibility index (Phi) is 7.87. The fraction of sp³-hybridized carbons (Fsp3) is 0.389. The molecule has 1 aliphatic rings. The van der Waals surface area contributed by atoms with Gasteiger partial charge in [-0.15, -0.1) is 0 Å². The Balaban J connectivity index is 2.01. The van der Waals surface area contributed by atoms with Gasteiger partial charge >= 0.3 is 26.1 Å². The number of oxime groups is 1. The predicted octanol–water partition coefficient (Wildman–Crippen LogP) is 1.88. The van der Waals surface area contributed by atoms with Gasteiger partial charge in [0.05, 0.1) is 5.56 Å². The summed E-state index contributed by atoms with van der Waals surface area (Å²) >= 11 is 1.16. The molecular formula is C18H20BN3O7S. The van der Waals surface area contributed by atoms with Gasteiger partial charge in [0.15, 0.2) is 10.9 Å². The predicted molar refractivity (Wildman–Crippen MR) is 111 cm³/mol. The summed E-state index contributed by atoms with van der Waals surface area (Å²) in [6, 6.07) is 5.44. The minimum atomic E-state index is -1.30. The summed E-state index contributed by atoms with van der Waals surface area (Å²) in [7, 11) is 4.85. The number of carbonyl (C=O) groups excluding carboxylic acids is 2. The lowest BCUT2D eigenvalue weighted by Crippen LogP contribution is -2.34. The first-order valence-electron chi connectivity index (χ1n) is 8.73. The molecule has 12 heteroatoms. The number of carbonyl (C=O) groups is 3. The number of aliphatic imine (C=N–C) groups is 1. The fourth-order valence-electron chi connectivity index (χ4n) is 2.25. The SMILES string of the molecule is [B]OC(=O)c1cccc(CO/N=C(\C(=O)O)C2CSC(NC(=O)OC(C)(C)C)=N2)c1. The Morgan fingerprint density at radius 2 is 2.10 bits per heavy atom. The van der Waals surface area contributed by atoms with Crippen LogP contribution in [0.1, 0.15) is 36.7 Å². The molecule has 2 N–H and O–H groups in total. The van der Waals surface area contributed by atoms with Crippen molar-refractivity contribution in [1.29, 1.82) is 0 Å². The molecule has 158 valence electrons. The van der Waals surface area contributed by atoms with Gasteiger partial charge in [0, 0.05) is 5.75 Å². The van der Waals surface area contributed by atoms with Crippen LogP contribution in [0.25, 0.3) is 0 Å². The van der Waals surface area contributed by atoms with Crippen LogP contribution in [-0.2, 0) is 25.6 Å². The lowest BCUT2D eigenvalue weighted by Gasteiger charge is -2.19. The highest BCUT2D eigenvalue weighted by molar-refractivity contribution is 8.14. The summed E-state index contributed by atoms with van der Waals surface area (Å²) < 4.78 is 9.29. The highest BCUT2D eigenvalue weighted by atomic mass is 32.2.